The van der Waals surface area contributed by atoms with Gasteiger partial charge in [0.1, 0.15) is 5.75 Å². The number of benzene rings is 3. The van der Waals surface area contributed by atoms with Crippen LogP contribution in [0.25, 0.3) is 0 Å². The molecule has 172 valence electrons. The van der Waals surface area contributed by atoms with Crippen LogP contribution < -0.4 is 14.8 Å². The van der Waals surface area contributed by atoms with Gasteiger partial charge in [-0.25, -0.2) is 13.1 Å². The fourth-order valence-electron chi connectivity index (χ4n) is 4.09. The molecule has 1 aliphatic carbocycles. The van der Waals surface area contributed by atoms with Crippen molar-refractivity contribution in [2.45, 2.75) is 43.7 Å². The maximum Gasteiger partial charge on any atom is 0.258 e. The molecule has 1 amide bonds. The fourth-order valence-corrected chi connectivity index (χ4v) is 5.19. The number of sulfonamides is 1. The van der Waals surface area contributed by atoms with E-state index in [1.54, 1.807) is 19.1 Å². The maximum atomic E-state index is 12.6. The molecule has 0 spiro atoms. The van der Waals surface area contributed by atoms with Crippen molar-refractivity contribution in [1.82, 2.24) is 10.0 Å². The normalized spacial score (nSPS) is 15.5. The molecule has 0 saturated carbocycles. The van der Waals surface area contributed by atoms with Crippen molar-refractivity contribution in [3.63, 3.8) is 0 Å². The van der Waals surface area contributed by atoms with Gasteiger partial charge in [-0.05, 0) is 66.6 Å². The number of amides is 1. The Balaban J connectivity index is 1.34. The molecule has 2 N–H and O–H groups in total. The summed E-state index contributed by atoms with van der Waals surface area (Å²) in [5, 5.41) is 3.06. The Morgan fingerprint density at radius 2 is 1.79 bits per heavy atom. The first-order chi connectivity index (χ1) is 15.9. The van der Waals surface area contributed by atoms with Gasteiger partial charge in [0.15, 0.2) is 6.61 Å². The third kappa shape index (κ3) is 5.80. The van der Waals surface area contributed by atoms with Gasteiger partial charge in [0, 0.05) is 6.54 Å². The molecule has 7 heteroatoms. The number of aryl methyl sites for hydroxylation is 2. The van der Waals surface area contributed by atoms with Crippen molar-refractivity contribution in [3.8, 4) is 5.75 Å². The molecule has 1 atom stereocenters. The minimum absolute atomic E-state index is 0.00430. The van der Waals surface area contributed by atoms with Crippen molar-refractivity contribution in [1.29, 1.82) is 0 Å². The van der Waals surface area contributed by atoms with Crippen LogP contribution in [-0.2, 0) is 27.8 Å². The van der Waals surface area contributed by atoms with Gasteiger partial charge in [0.25, 0.3) is 5.91 Å². The third-order valence-electron chi connectivity index (χ3n) is 5.83. The Hall–Kier alpha value is -3.16. The number of nitrogens with one attached hydrogen (secondary N) is 2. The van der Waals surface area contributed by atoms with E-state index < -0.39 is 10.0 Å². The second kappa shape index (κ2) is 10.2. The van der Waals surface area contributed by atoms with Gasteiger partial charge >= 0.3 is 0 Å². The summed E-state index contributed by atoms with van der Waals surface area (Å²) in [5.41, 5.74) is 3.98. The summed E-state index contributed by atoms with van der Waals surface area (Å²) < 4.78 is 33.6. The van der Waals surface area contributed by atoms with Gasteiger partial charge in [-0.1, -0.05) is 54.6 Å². The van der Waals surface area contributed by atoms with E-state index in [1.165, 1.54) is 17.2 Å². The summed E-state index contributed by atoms with van der Waals surface area (Å²) in [5.74, 6) is 0.286. The van der Waals surface area contributed by atoms with Gasteiger partial charge < -0.3 is 10.1 Å². The molecule has 0 fully saturated rings. The van der Waals surface area contributed by atoms with E-state index in [1.807, 2.05) is 42.5 Å². The summed E-state index contributed by atoms with van der Waals surface area (Å²) in [6, 6.07) is 22.2. The van der Waals surface area contributed by atoms with Gasteiger partial charge in [0.2, 0.25) is 10.0 Å². The Morgan fingerprint density at radius 1 is 1.03 bits per heavy atom. The van der Waals surface area contributed by atoms with Crippen LogP contribution in [0.2, 0.25) is 0 Å². The molecular weight excluding hydrogens is 436 g/mol. The third-order valence-corrected chi connectivity index (χ3v) is 7.23. The second-order valence-corrected chi connectivity index (χ2v) is 10.0. The molecule has 1 aliphatic rings. The molecule has 0 radical (unpaired) electrons. The molecule has 6 nitrogen and oxygen atoms in total. The van der Waals surface area contributed by atoms with Crippen LogP contribution in [0, 0.1) is 6.92 Å². The monoisotopic (exact) mass is 464 g/mol. The van der Waals surface area contributed by atoms with Crippen LogP contribution in [0.5, 0.6) is 5.75 Å². The van der Waals surface area contributed by atoms with E-state index in [9.17, 15) is 13.2 Å². The SMILES string of the molecule is Cc1cc(S(=O)(=O)NCc2ccccc2)ccc1OCC(=O)N[C@@H]1CCCc2ccccc21. The highest BCUT2D eigenvalue weighted by Gasteiger charge is 2.22. The number of carbonyl (C=O) groups excluding carboxylic acids is 1. The van der Waals surface area contributed by atoms with E-state index in [0.29, 0.717) is 11.3 Å². The van der Waals surface area contributed by atoms with E-state index >= 15 is 0 Å². The first-order valence-electron chi connectivity index (χ1n) is 11.1. The van der Waals surface area contributed by atoms with Crippen LogP contribution in [0.15, 0.2) is 77.7 Å². The molecule has 3 aromatic rings. The number of ether oxygens (including phenoxy) is 1. The van der Waals surface area contributed by atoms with Crippen LogP contribution in [0.4, 0.5) is 0 Å². The largest absolute Gasteiger partial charge is 0.484 e. The summed E-state index contributed by atoms with van der Waals surface area (Å²) >= 11 is 0. The highest BCUT2D eigenvalue weighted by Crippen LogP contribution is 2.29. The Bertz CT molecular complexity index is 1230. The zero-order chi connectivity index (χ0) is 23.3. The molecule has 4 rings (SSSR count). The van der Waals surface area contributed by atoms with E-state index in [2.05, 4.69) is 22.2 Å². The Kier molecular flexibility index (Phi) is 7.11. The lowest BCUT2D eigenvalue weighted by atomic mass is 9.88. The van der Waals surface area contributed by atoms with Gasteiger partial charge in [-0.2, -0.15) is 0 Å². The zero-order valence-electron chi connectivity index (χ0n) is 18.6. The number of rotatable bonds is 8. The summed E-state index contributed by atoms with van der Waals surface area (Å²) in [6.45, 7) is 1.85. The molecule has 0 saturated heterocycles. The van der Waals surface area contributed by atoms with Gasteiger partial charge in [-0.15, -0.1) is 0 Å². The smallest absolute Gasteiger partial charge is 0.258 e. The molecule has 0 bridgehead atoms. The zero-order valence-corrected chi connectivity index (χ0v) is 19.4. The summed E-state index contributed by atoms with van der Waals surface area (Å²) in [4.78, 5) is 12.7. The summed E-state index contributed by atoms with van der Waals surface area (Å²) in [6.07, 6.45) is 2.98. The quantitative estimate of drug-likeness (QED) is 0.527. The lowest BCUT2D eigenvalue weighted by Crippen LogP contribution is -2.34. The van der Waals surface area contributed by atoms with Crippen LogP contribution >= 0.6 is 0 Å². The molecule has 3 aromatic carbocycles. The van der Waals surface area contributed by atoms with Crippen LogP contribution in [0.1, 0.15) is 41.1 Å². The lowest BCUT2D eigenvalue weighted by molar-refractivity contribution is -0.124. The number of fused-ring (bicyclic) bond motifs is 1. The van der Waals surface area contributed by atoms with E-state index in [4.69, 9.17) is 4.74 Å². The molecule has 0 aliphatic heterocycles. The predicted molar refractivity (Wildman–Crippen MR) is 127 cm³/mol. The molecular formula is C26H28N2O4S. The van der Waals surface area contributed by atoms with Crippen molar-refractivity contribution >= 4 is 15.9 Å². The number of carbonyl (C=O) groups is 1. The van der Waals surface area contributed by atoms with Crippen molar-refractivity contribution < 1.29 is 17.9 Å². The number of hydrogen-bond donors (Lipinski definition) is 2. The van der Waals surface area contributed by atoms with E-state index in [-0.39, 0.29) is 30.0 Å². The highest BCUT2D eigenvalue weighted by atomic mass is 32.2. The Morgan fingerprint density at radius 3 is 2.58 bits per heavy atom. The first-order valence-corrected chi connectivity index (χ1v) is 12.5. The van der Waals surface area contributed by atoms with Crippen LogP contribution in [0.3, 0.4) is 0 Å². The average molecular weight is 465 g/mol. The Labute approximate surface area is 195 Å². The standard InChI is InChI=1S/C26H28N2O4S/c1-19-16-22(33(30,31)27-17-20-8-3-2-4-9-20)14-15-25(19)32-18-26(29)28-24-13-7-11-21-10-5-6-12-23(21)24/h2-6,8-10,12,14-16,24,27H,7,11,13,17-18H2,1H3,(H,28,29)/t24-/m1/s1. The molecule has 0 aromatic heterocycles. The van der Waals surface area contributed by atoms with Crippen molar-refractivity contribution in [2.75, 3.05) is 6.61 Å². The second-order valence-electron chi connectivity index (χ2n) is 8.24. The highest BCUT2D eigenvalue weighted by molar-refractivity contribution is 7.89. The molecule has 33 heavy (non-hydrogen) atoms. The van der Waals surface area contributed by atoms with Crippen molar-refractivity contribution in [3.05, 3.63) is 95.1 Å². The number of hydrogen-bond acceptors (Lipinski definition) is 4. The van der Waals surface area contributed by atoms with E-state index in [0.717, 1.165) is 24.8 Å². The topological polar surface area (TPSA) is 84.5 Å². The van der Waals surface area contributed by atoms with Crippen molar-refractivity contribution in [2.24, 2.45) is 0 Å². The minimum Gasteiger partial charge on any atom is -0.484 e. The predicted octanol–water partition coefficient (Wildman–Crippen LogP) is 4.05. The first kappa shape index (κ1) is 23.0. The maximum absolute atomic E-state index is 12.6. The minimum atomic E-state index is -3.66. The van der Waals surface area contributed by atoms with Gasteiger partial charge in [0.05, 0.1) is 10.9 Å². The lowest BCUT2D eigenvalue weighted by Gasteiger charge is -2.26. The average Bonchev–Trinajstić information content (AvgIpc) is 2.83. The molecule has 0 unspecified atom stereocenters. The molecule has 0 heterocycles. The fraction of sp³-hybridized carbons (Fsp3) is 0.269. The summed E-state index contributed by atoms with van der Waals surface area (Å²) in [7, 11) is -3.66. The van der Waals surface area contributed by atoms with Crippen LogP contribution in [-0.4, -0.2) is 20.9 Å². The van der Waals surface area contributed by atoms with Gasteiger partial charge in [-0.3, -0.25) is 4.79 Å².